The van der Waals surface area contributed by atoms with E-state index in [4.69, 9.17) is 0 Å². The molecule has 1 aromatic carbocycles. The van der Waals surface area contributed by atoms with Gasteiger partial charge in [0.25, 0.3) is 0 Å². The molecule has 0 radical (unpaired) electrons. The molecule has 0 amide bonds. The predicted octanol–water partition coefficient (Wildman–Crippen LogP) is 4.09. The number of hydrogen-bond donors (Lipinski definition) is 1. The molecule has 1 aromatic rings. The maximum Gasteiger partial charge on any atom is 0.0899 e. The smallest absolute Gasteiger partial charge is 0.0899 e. The van der Waals surface area contributed by atoms with Gasteiger partial charge in [-0.15, -0.1) is 0 Å². The Kier molecular flexibility index (Phi) is 3.58. The van der Waals surface area contributed by atoms with Crippen LogP contribution in [0.2, 0.25) is 0 Å². The van der Waals surface area contributed by atoms with Crippen molar-refractivity contribution in [1.29, 1.82) is 0 Å². The molecular weight excluding hydrogens is 208 g/mol. The van der Waals surface area contributed by atoms with Crippen LogP contribution in [0.4, 0.5) is 0 Å². The highest BCUT2D eigenvalue weighted by molar-refractivity contribution is 5.35. The fourth-order valence-electron chi connectivity index (χ4n) is 3.17. The molecule has 1 N–H and O–H groups in total. The Hall–Kier alpha value is -0.820. The molecule has 1 atom stereocenters. The van der Waals surface area contributed by atoms with E-state index in [1.807, 2.05) is 6.92 Å². The molecule has 0 spiro atoms. The largest absolute Gasteiger partial charge is 0.385 e. The SMILES string of the molecule is Cc1ccc(C)c(C(C)(O)C2CCCCC2)c1. The highest BCUT2D eigenvalue weighted by Crippen LogP contribution is 2.40. The van der Waals surface area contributed by atoms with Crippen LogP contribution in [0.3, 0.4) is 0 Å². The highest BCUT2D eigenvalue weighted by Gasteiger charge is 2.35. The topological polar surface area (TPSA) is 20.2 Å². The minimum absolute atomic E-state index is 0.428. The maximum atomic E-state index is 10.9. The monoisotopic (exact) mass is 232 g/mol. The van der Waals surface area contributed by atoms with Crippen molar-refractivity contribution < 1.29 is 5.11 Å². The first-order valence-electron chi connectivity index (χ1n) is 6.82. The van der Waals surface area contributed by atoms with Gasteiger partial charge in [-0.3, -0.25) is 0 Å². The average molecular weight is 232 g/mol. The van der Waals surface area contributed by atoms with Crippen molar-refractivity contribution >= 4 is 0 Å². The van der Waals surface area contributed by atoms with Crippen molar-refractivity contribution in [2.75, 3.05) is 0 Å². The Morgan fingerprint density at radius 3 is 2.41 bits per heavy atom. The summed E-state index contributed by atoms with van der Waals surface area (Å²) in [6.45, 7) is 6.21. The fraction of sp³-hybridized carbons (Fsp3) is 0.625. The molecule has 1 unspecified atom stereocenters. The number of rotatable bonds is 2. The summed E-state index contributed by atoms with van der Waals surface area (Å²) >= 11 is 0. The van der Waals surface area contributed by atoms with Crippen LogP contribution in [-0.2, 0) is 5.60 Å². The number of aliphatic hydroxyl groups is 1. The second kappa shape index (κ2) is 4.81. The molecule has 1 heteroatoms. The zero-order valence-corrected chi connectivity index (χ0v) is 11.3. The van der Waals surface area contributed by atoms with Gasteiger partial charge in [-0.1, -0.05) is 43.0 Å². The van der Waals surface area contributed by atoms with E-state index in [1.165, 1.54) is 43.2 Å². The average Bonchev–Trinajstić information content (AvgIpc) is 2.33. The van der Waals surface area contributed by atoms with E-state index < -0.39 is 5.60 Å². The van der Waals surface area contributed by atoms with Crippen LogP contribution in [-0.4, -0.2) is 5.11 Å². The van der Waals surface area contributed by atoms with Crippen LogP contribution in [0, 0.1) is 19.8 Å². The Morgan fingerprint density at radius 2 is 1.76 bits per heavy atom. The van der Waals surface area contributed by atoms with E-state index in [-0.39, 0.29) is 0 Å². The quantitative estimate of drug-likeness (QED) is 0.814. The third-order valence-electron chi connectivity index (χ3n) is 4.34. The summed E-state index contributed by atoms with van der Waals surface area (Å²) in [5.74, 6) is 0.428. The second-order valence-electron chi connectivity index (χ2n) is 5.80. The lowest BCUT2D eigenvalue weighted by Gasteiger charge is -2.37. The van der Waals surface area contributed by atoms with Crippen molar-refractivity contribution in [2.24, 2.45) is 5.92 Å². The van der Waals surface area contributed by atoms with E-state index in [0.717, 1.165) is 5.56 Å². The molecule has 1 saturated carbocycles. The van der Waals surface area contributed by atoms with Gasteiger partial charge in [0.15, 0.2) is 0 Å². The van der Waals surface area contributed by atoms with Gasteiger partial charge < -0.3 is 5.11 Å². The minimum atomic E-state index is -0.656. The van der Waals surface area contributed by atoms with E-state index >= 15 is 0 Å². The van der Waals surface area contributed by atoms with Crippen LogP contribution < -0.4 is 0 Å². The third kappa shape index (κ3) is 2.55. The van der Waals surface area contributed by atoms with Gasteiger partial charge in [0.2, 0.25) is 0 Å². The molecule has 17 heavy (non-hydrogen) atoms. The summed E-state index contributed by atoms with van der Waals surface area (Å²) in [5, 5.41) is 10.9. The lowest BCUT2D eigenvalue weighted by Crippen LogP contribution is -2.34. The van der Waals surface area contributed by atoms with Crippen LogP contribution in [0.25, 0.3) is 0 Å². The van der Waals surface area contributed by atoms with Gasteiger partial charge in [-0.2, -0.15) is 0 Å². The van der Waals surface area contributed by atoms with Crippen molar-refractivity contribution in [1.82, 2.24) is 0 Å². The zero-order valence-electron chi connectivity index (χ0n) is 11.3. The van der Waals surface area contributed by atoms with E-state index in [2.05, 4.69) is 32.0 Å². The van der Waals surface area contributed by atoms with Gasteiger partial charge in [-0.05, 0) is 50.7 Å². The third-order valence-corrected chi connectivity index (χ3v) is 4.34. The molecule has 1 fully saturated rings. The van der Waals surface area contributed by atoms with Crippen molar-refractivity contribution in [3.05, 3.63) is 34.9 Å². The molecule has 0 aliphatic heterocycles. The molecule has 2 rings (SSSR count). The first kappa shape index (κ1) is 12.6. The molecule has 94 valence electrons. The van der Waals surface area contributed by atoms with Gasteiger partial charge in [-0.25, -0.2) is 0 Å². The molecule has 0 bridgehead atoms. The maximum absolute atomic E-state index is 10.9. The highest BCUT2D eigenvalue weighted by atomic mass is 16.3. The Balaban J connectivity index is 2.32. The minimum Gasteiger partial charge on any atom is -0.385 e. The summed E-state index contributed by atoms with van der Waals surface area (Å²) < 4.78 is 0. The Bertz CT molecular complexity index is 387. The summed E-state index contributed by atoms with van der Waals surface area (Å²) in [4.78, 5) is 0. The normalized spacial score (nSPS) is 21.2. The molecule has 1 nitrogen and oxygen atoms in total. The van der Waals surface area contributed by atoms with Crippen LogP contribution >= 0.6 is 0 Å². The summed E-state index contributed by atoms with van der Waals surface area (Å²) in [6, 6.07) is 6.40. The summed E-state index contributed by atoms with van der Waals surface area (Å²) in [7, 11) is 0. The van der Waals surface area contributed by atoms with Gasteiger partial charge in [0, 0.05) is 0 Å². The molecule has 0 aromatic heterocycles. The van der Waals surface area contributed by atoms with E-state index in [0.29, 0.717) is 5.92 Å². The van der Waals surface area contributed by atoms with Gasteiger partial charge >= 0.3 is 0 Å². The first-order valence-corrected chi connectivity index (χ1v) is 6.82. The zero-order chi connectivity index (χ0) is 12.5. The summed E-state index contributed by atoms with van der Waals surface area (Å²) in [6.07, 6.45) is 6.21. The predicted molar refractivity (Wildman–Crippen MR) is 72.1 cm³/mol. The van der Waals surface area contributed by atoms with Crippen LogP contribution in [0.1, 0.15) is 55.7 Å². The van der Waals surface area contributed by atoms with Gasteiger partial charge in [0.1, 0.15) is 0 Å². The van der Waals surface area contributed by atoms with E-state index in [9.17, 15) is 5.11 Å². The molecule has 1 aliphatic rings. The molecule has 0 saturated heterocycles. The number of benzene rings is 1. The van der Waals surface area contributed by atoms with Crippen molar-refractivity contribution in [3.8, 4) is 0 Å². The summed E-state index contributed by atoms with van der Waals surface area (Å²) in [5.41, 5.74) is 2.92. The van der Waals surface area contributed by atoms with Crippen LogP contribution in [0.5, 0.6) is 0 Å². The standard InChI is InChI=1S/C16H24O/c1-12-9-10-13(2)15(11-12)16(3,17)14-7-5-4-6-8-14/h9-11,14,17H,4-8H2,1-3H3. The number of aryl methyl sites for hydroxylation is 2. The Labute approximate surface area is 105 Å². The lowest BCUT2D eigenvalue weighted by atomic mass is 9.73. The second-order valence-corrected chi connectivity index (χ2v) is 5.80. The number of hydrogen-bond acceptors (Lipinski definition) is 1. The molecule has 1 aliphatic carbocycles. The molecule has 0 heterocycles. The van der Waals surface area contributed by atoms with Crippen molar-refractivity contribution in [3.63, 3.8) is 0 Å². The van der Waals surface area contributed by atoms with Crippen molar-refractivity contribution in [2.45, 2.75) is 58.5 Å². The van der Waals surface area contributed by atoms with Crippen LogP contribution in [0.15, 0.2) is 18.2 Å². The molecular formula is C16H24O. The van der Waals surface area contributed by atoms with Gasteiger partial charge in [0.05, 0.1) is 5.60 Å². The lowest BCUT2D eigenvalue weighted by molar-refractivity contribution is -0.0220. The van der Waals surface area contributed by atoms with E-state index in [1.54, 1.807) is 0 Å². The fourth-order valence-corrected chi connectivity index (χ4v) is 3.17. The first-order chi connectivity index (χ1) is 8.01. The Morgan fingerprint density at radius 1 is 1.12 bits per heavy atom.